The molecule has 0 aromatic carbocycles. The van der Waals surface area contributed by atoms with E-state index in [4.69, 9.17) is 4.74 Å². The molecule has 0 radical (unpaired) electrons. The Kier molecular flexibility index (Phi) is 8.16. The van der Waals surface area contributed by atoms with Crippen molar-refractivity contribution >= 4 is 0 Å². The van der Waals surface area contributed by atoms with Crippen molar-refractivity contribution in [3.63, 3.8) is 0 Å². The van der Waals surface area contributed by atoms with E-state index in [9.17, 15) is 5.11 Å². The Morgan fingerprint density at radius 1 is 1.18 bits per heavy atom. The Labute approximate surface area is 106 Å². The molecule has 1 aliphatic heterocycles. The third-order valence-electron chi connectivity index (χ3n) is 3.47. The molecular weight excluding hydrogens is 212 g/mol. The van der Waals surface area contributed by atoms with Crippen LogP contribution >= 0.6 is 0 Å². The minimum absolute atomic E-state index is 0.258. The normalized spacial score (nSPS) is 17.4. The molecule has 17 heavy (non-hydrogen) atoms. The molecule has 0 amide bonds. The second-order valence-corrected chi connectivity index (χ2v) is 5.09. The number of aliphatic hydroxyl groups is 1. The molecule has 1 heterocycles. The second-order valence-electron chi connectivity index (χ2n) is 5.09. The number of ether oxygens (including phenoxy) is 1. The first-order chi connectivity index (χ1) is 8.34. The van der Waals surface area contributed by atoms with E-state index in [-0.39, 0.29) is 6.10 Å². The van der Waals surface area contributed by atoms with E-state index in [0.29, 0.717) is 0 Å². The van der Waals surface area contributed by atoms with Crippen LogP contribution in [0.25, 0.3) is 0 Å². The highest BCUT2D eigenvalue weighted by Crippen LogP contribution is 2.20. The number of hydrogen-bond acceptors (Lipinski definition) is 2. The molecule has 100 valence electrons. The summed E-state index contributed by atoms with van der Waals surface area (Å²) in [6, 6.07) is 0. The first kappa shape index (κ1) is 14.6. The van der Waals surface area contributed by atoms with Crippen molar-refractivity contribution in [1.29, 1.82) is 0 Å². The van der Waals surface area contributed by atoms with E-state index in [1.807, 2.05) is 0 Å². The van der Waals surface area contributed by atoms with Crippen molar-refractivity contribution in [1.82, 2.24) is 0 Å². The molecule has 0 bridgehead atoms. The maximum Gasteiger partial charge on any atom is 0.0876 e. The summed E-state index contributed by atoms with van der Waals surface area (Å²) in [6.45, 7) is 3.06. The molecule has 2 nitrogen and oxygen atoms in total. The largest absolute Gasteiger partial charge is 0.501 e. The fourth-order valence-electron chi connectivity index (χ4n) is 2.31. The van der Waals surface area contributed by atoms with Crippen molar-refractivity contribution in [2.45, 2.75) is 77.2 Å². The van der Waals surface area contributed by atoms with Gasteiger partial charge in [-0.3, -0.25) is 0 Å². The standard InChI is InChI=1S/C15H28O2/c1-2-3-4-5-6-7-8-11-15(16)14-10-9-12-17-13-14/h13,15-16H,2-12H2,1H3. The topological polar surface area (TPSA) is 29.5 Å². The zero-order valence-electron chi connectivity index (χ0n) is 11.3. The molecule has 0 aromatic heterocycles. The summed E-state index contributed by atoms with van der Waals surface area (Å²) in [4.78, 5) is 0. The molecule has 1 N–H and O–H groups in total. The average Bonchev–Trinajstić information content (AvgIpc) is 2.38. The molecule has 1 aliphatic rings. The van der Waals surface area contributed by atoms with Crippen molar-refractivity contribution in [3.8, 4) is 0 Å². The highest BCUT2D eigenvalue weighted by molar-refractivity contribution is 5.06. The highest BCUT2D eigenvalue weighted by atomic mass is 16.5. The van der Waals surface area contributed by atoms with E-state index in [1.54, 1.807) is 6.26 Å². The third kappa shape index (κ3) is 6.72. The van der Waals surface area contributed by atoms with Crippen LogP contribution in [0.3, 0.4) is 0 Å². The van der Waals surface area contributed by atoms with Crippen LogP contribution in [0.2, 0.25) is 0 Å². The van der Waals surface area contributed by atoms with Gasteiger partial charge in [0.1, 0.15) is 0 Å². The van der Waals surface area contributed by atoms with Gasteiger partial charge in [-0.2, -0.15) is 0 Å². The summed E-state index contributed by atoms with van der Waals surface area (Å²) in [5.41, 5.74) is 1.10. The van der Waals surface area contributed by atoms with Crippen molar-refractivity contribution < 1.29 is 9.84 Å². The Bertz CT molecular complexity index is 211. The molecule has 1 unspecified atom stereocenters. The predicted molar refractivity (Wildman–Crippen MR) is 71.9 cm³/mol. The lowest BCUT2D eigenvalue weighted by atomic mass is 9.99. The van der Waals surface area contributed by atoms with Crippen LogP contribution < -0.4 is 0 Å². The number of rotatable bonds is 9. The zero-order chi connectivity index (χ0) is 12.3. The Balaban J connectivity index is 1.96. The van der Waals surface area contributed by atoms with Crippen molar-refractivity contribution in [3.05, 3.63) is 11.8 Å². The van der Waals surface area contributed by atoms with Gasteiger partial charge in [0.2, 0.25) is 0 Å². The van der Waals surface area contributed by atoms with Crippen LogP contribution in [-0.4, -0.2) is 17.8 Å². The maximum atomic E-state index is 9.97. The lowest BCUT2D eigenvalue weighted by molar-refractivity contribution is 0.160. The van der Waals surface area contributed by atoms with Crippen LogP contribution in [-0.2, 0) is 4.74 Å². The second kappa shape index (κ2) is 9.52. The van der Waals surface area contributed by atoms with E-state index < -0.39 is 0 Å². The summed E-state index contributed by atoms with van der Waals surface area (Å²) >= 11 is 0. The lowest BCUT2D eigenvalue weighted by Gasteiger charge is -2.18. The van der Waals surface area contributed by atoms with Gasteiger partial charge in [0.05, 0.1) is 19.0 Å². The average molecular weight is 240 g/mol. The Morgan fingerprint density at radius 2 is 1.88 bits per heavy atom. The molecule has 0 aromatic rings. The summed E-state index contributed by atoms with van der Waals surface area (Å²) in [7, 11) is 0. The molecular formula is C15H28O2. The van der Waals surface area contributed by atoms with Crippen molar-refractivity contribution in [2.75, 3.05) is 6.61 Å². The maximum absolute atomic E-state index is 9.97. The minimum Gasteiger partial charge on any atom is -0.501 e. The van der Waals surface area contributed by atoms with Gasteiger partial charge >= 0.3 is 0 Å². The first-order valence-corrected chi connectivity index (χ1v) is 7.33. The van der Waals surface area contributed by atoms with Crippen LogP contribution in [0.5, 0.6) is 0 Å². The SMILES string of the molecule is CCCCCCCCCC(O)C1=COCCC1. The van der Waals surface area contributed by atoms with E-state index in [2.05, 4.69) is 6.92 Å². The fraction of sp³-hybridized carbons (Fsp3) is 0.867. The van der Waals surface area contributed by atoms with Crippen LogP contribution in [0, 0.1) is 0 Å². The smallest absolute Gasteiger partial charge is 0.0876 e. The van der Waals surface area contributed by atoms with E-state index in [0.717, 1.165) is 37.9 Å². The number of hydrogen-bond donors (Lipinski definition) is 1. The van der Waals surface area contributed by atoms with Crippen LogP contribution in [0.4, 0.5) is 0 Å². The van der Waals surface area contributed by atoms with Gasteiger partial charge < -0.3 is 9.84 Å². The molecule has 0 saturated carbocycles. The van der Waals surface area contributed by atoms with Gasteiger partial charge in [0.25, 0.3) is 0 Å². The monoisotopic (exact) mass is 240 g/mol. The molecule has 1 atom stereocenters. The number of unbranched alkanes of at least 4 members (excludes halogenated alkanes) is 6. The van der Waals surface area contributed by atoms with E-state index in [1.165, 1.54) is 38.5 Å². The number of aliphatic hydroxyl groups excluding tert-OH is 1. The molecule has 0 fully saturated rings. The predicted octanol–water partition coefficient (Wildman–Crippen LogP) is 4.18. The molecule has 0 aliphatic carbocycles. The fourth-order valence-corrected chi connectivity index (χ4v) is 2.31. The summed E-state index contributed by atoms with van der Waals surface area (Å²) in [5.74, 6) is 0. The van der Waals surface area contributed by atoms with Crippen LogP contribution in [0.15, 0.2) is 11.8 Å². The Morgan fingerprint density at radius 3 is 2.53 bits per heavy atom. The molecule has 0 saturated heterocycles. The van der Waals surface area contributed by atoms with E-state index >= 15 is 0 Å². The molecule has 2 heteroatoms. The first-order valence-electron chi connectivity index (χ1n) is 7.33. The zero-order valence-corrected chi connectivity index (χ0v) is 11.3. The van der Waals surface area contributed by atoms with Gasteiger partial charge in [-0.1, -0.05) is 51.9 Å². The van der Waals surface area contributed by atoms with Gasteiger partial charge in [-0.05, 0) is 24.8 Å². The quantitative estimate of drug-likeness (QED) is 0.613. The third-order valence-corrected chi connectivity index (χ3v) is 3.47. The summed E-state index contributed by atoms with van der Waals surface area (Å²) < 4.78 is 5.25. The van der Waals surface area contributed by atoms with Gasteiger partial charge in [-0.25, -0.2) is 0 Å². The van der Waals surface area contributed by atoms with Gasteiger partial charge in [0, 0.05) is 0 Å². The summed E-state index contributed by atoms with van der Waals surface area (Å²) in [6.07, 6.45) is 13.6. The van der Waals surface area contributed by atoms with Crippen molar-refractivity contribution in [2.24, 2.45) is 0 Å². The van der Waals surface area contributed by atoms with Crippen LogP contribution in [0.1, 0.15) is 71.1 Å². The molecule has 1 rings (SSSR count). The molecule has 0 spiro atoms. The lowest BCUT2D eigenvalue weighted by Crippen LogP contribution is -2.14. The highest BCUT2D eigenvalue weighted by Gasteiger charge is 2.13. The van der Waals surface area contributed by atoms with Gasteiger partial charge in [-0.15, -0.1) is 0 Å². The van der Waals surface area contributed by atoms with Gasteiger partial charge in [0.15, 0.2) is 0 Å². The summed E-state index contributed by atoms with van der Waals surface area (Å²) in [5, 5.41) is 9.97. The Hall–Kier alpha value is -0.500. The minimum atomic E-state index is -0.258.